The molecule has 0 aliphatic rings. The standard InChI is InChI=1S/C14H28N4/c1-7-15-12(4)8-14(5,6)9-13-16-10-17-18(13)11(2)3/h10-12,15H,7-9H2,1-6H3. The molecule has 0 amide bonds. The number of aromatic nitrogens is 3. The van der Waals surface area contributed by atoms with Crippen molar-refractivity contribution in [2.24, 2.45) is 5.41 Å². The molecule has 0 bridgehead atoms. The van der Waals surface area contributed by atoms with Crippen LogP contribution in [0.5, 0.6) is 0 Å². The van der Waals surface area contributed by atoms with Crippen LogP contribution in [0.4, 0.5) is 0 Å². The first-order chi connectivity index (χ1) is 8.35. The molecule has 1 aromatic heterocycles. The van der Waals surface area contributed by atoms with E-state index in [-0.39, 0.29) is 5.41 Å². The molecule has 0 saturated heterocycles. The third kappa shape index (κ3) is 4.41. The third-order valence-corrected chi connectivity index (χ3v) is 3.18. The molecule has 1 unspecified atom stereocenters. The summed E-state index contributed by atoms with van der Waals surface area (Å²) in [4.78, 5) is 4.41. The predicted molar refractivity (Wildman–Crippen MR) is 75.6 cm³/mol. The first kappa shape index (κ1) is 15.2. The normalized spacial score (nSPS) is 14.2. The molecule has 1 heterocycles. The summed E-state index contributed by atoms with van der Waals surface area (Å²) >= 11 is 0. The summed E-state index contributed by atoms with van der Waals surface area (Å²) in [5.74, 6) is 1.10. The average molecular weight is 252 g/mol. The van der Waals surface area contributed by atoms with Crippen LogP contribution in [0.1, 0.15) is 59.8 Å². The van der Waals surface area contributed by atoms with Crippen LogP contribution in [0.3, 0.4) is 0 Å². The molecule has 104 valence electrons. The predicted octanol–water partition coefficient (Wildman–Crippen LogP) is 2.82. The van der Waals surface area contributed by atoms with Gasteiger partial charge in [-0.1, -0.05) is 20.8 Å². The van der Waals surface area contributed by atoms with Gasteiger partial charge in [-0.3, -0.25) is 0 Å². The van der Waals surface area contributed by atoms with E-state index in [0.717, 1.165) is 25.2 Å². The monoisotopic (exact) mass is 252 g/mol. The number of nitrogens with one attached hydrogen (secondary N) is 1. The summed E-state index contributed by atoms with van der Waals surface area (Å²) in [7, 11) is 0. The fourth-order valence-corrected chi connectivity index (χ4v) is 2.58. The maximum absolute atomic E-state index is 4.41. The van der Waals surface area contributed by atoms with Crippen molar-refractivity contribution in [3.05, 3.63) is 12.2 Å². The Balaban J connectivity index is 2.66. The van der Waals surface area contributed by atoms with Gasteiger partial charge in [0.05, 0.1) is 0 Å². The van der Waals surface area contributed by atoms with E-state index >= 15 is 0 Å². The van der Waals surface area contributed by atoms with Crippen LogP contribution >= 0.6 is 0 Å². The van der Waals surface area contributed by atoms with Gasteiger partial charge in [0.1, 0.15) is 12.2 Å². The molecular weight excluding hydrogens is 224 g/mol. The minimum atomic E-state index is 0.237. The molecule has 18 heavy (non-hydrogen) atoms. The van der Waals surface area contributed by atoms with Crippen LogP contribution in [-0.4, -0.2) is 27.4 Å². The van der Waals surface area contributed by atoms with Gasteiger partial charge in [-0.15, -0.1) is 0 Å². The highest BCUT2D eigenvalue weighted by molar-refractivity contribution is 4.93. The van der Waals surface area contributed by atoms with E-state index in [9.17, 15) is 0 Å². The molecule has 0 aromatic carbocycles. The second-order valence-corrected chi connectivity index (χ2v) is 6.22. The highest BCUT2D eigenvalue weighted by Crippen LogP contribution is 2.27. The molecule has 0 fully saturated rings. The Bertz CT molecular complexity index is 354. The Morgan fingerprint density at radius 3 is 2.56 bits per heavy atom. The largest absolute Gasteiger partial charge is 0.315 e. The van der Waals surface area contributed by atoms with Crippen molar-refractivity contribution in [3.8, 4) is 0 Å². The lowest BCUT2D eigenvalue weighted by molar-refractivity contribution is 0.276. The van der Waals surface area contributed by atoms with Crippen molar-refractivity contribution >= 4 is 0 Å². The summed E-state index contributed by atoms with van der Waals surface area (Å²) in [6.07, 6.45) is 3.78. The summed E-state index contributed by atoms with van der Waals surface area (Å²) in [5.41, 5.74) is 0.237. The Hall–Kier alpha value is -0.900. The number of hydrogen-bond donors (Lipinski definition) is 1. The number of hydrogen-bond acceptors (Lipinski definition) is 3. The van der Waals surface area contributed by atoms with E-state index in [1.54, 1.807) is 6.33 Å². The topological polar surface area (TPSA) is 42.7 Å². The van der Waals surface area contributed by atoms with E-state index in [1.807, 2.05) is 4.68 Å². The number of rotatable bonds is 7. The van der Waals surface area contributed by atoms with Crippen molar-refractivity contribution < 1.29 is 0 Å². The maximum atomic E-state index is 4.41. The lowest BCUT2D eigenvalue weighted by Gasteiger charge is -2.28. The van der Waals surface area contributed by atoms with Crippen LogP contribution in [0.15, 0.2) is 6.33 Å². The minimum Gasteiger partial charge on any atom is -0.315 e. The van der Waals surface area contributed by atoms with Gasteiger partial charge in [-0.25, -0.2) is 9.67 Å². The van der Waals surface area contributed by atoms with Crippen LogP contribution in [0, 0.1) is 5.41 Å². The molecule has 1 atom stereocenters. The highest BCUT2D eigenvalue weighted by Gasteiger charge is 2.24. The summed E-state index contributed by atoms with van der Waals surface area (Å²) in [6, 6.07) is 0.921. The van der Waals surface area contributed by atoms with Crippen molar-refractivity contribution in [2.45, 2.75) is 66.5 Å². The molecule has 1 N–H and O–H groups in total. The molecule has 0 radical (unpaired) electrons. The van der Waals surface area contributed by atoms with Crippen LogP contribution in [-0.2, 0) is 6.42 Å². The molecule has 0 saturated carbocycles. The molecule has 1 rings (SSSR count). The van der Waals surface area contributed by atoms with Gasteiger partial charge in [0.15, 0.2) is 0 Å². The van der Waals surface area contributed by atoms with Crippen LogP contribution in [0.2, 0.25) is 0 Å². The van der Waals surface area contributed by atoms with Gasteiger partial charge in [0.25, 0.3) is 0 Å². The minimum absolute atomic E-state index is 0.237. The molecular formula is C14H28N4. The van der Waals surface area contributed by atoms with E-state index in [2.05, 4.69) is 56.9 Å². The van der Waals surface area contributed by atoms with Crippen molar-refractivity contribution in [3.63, 3.8) is 0 Å². The zero-order valence-electron chi connectivity index (χ0n) is 12.7. The van der Waals surface area contributed by atoms with Crippen LogP contribution < -0.4 is 5.32 Å². The SMILES string of the molecule is CCNC(C)CC(C)(C)Cc1ncnn1C(C)C. The first-order valence-corrected chi connectivity index (χ1v) is 6.97. The zero-order valence-corrected chi connectivity index (χ0v) is 12.7. The lowest BCUT2D eigenvalue weighted by atomic mass is 9.82. The quantitative estimate of drug-likeness (QED) is 0.811. The summed E-state index contributed by atoms with van der Waals surface area (Å²) < 4.78 is 2.03. The Morgan fingerprint density at radius 2 is 2.00 bits per heavy atom. The van der Waals surface area contributed by atoms with Gasteiger partial charge < -0.3 is 5.32 Å². The van der Waals surface area contributed by atoms with Gasteiger partial charge in [-0.2, -0.15) is 5.10 Å². The molecule has 0 aliphatic carbocycles. The highest BCUT2D eigenvalue weighted by atomic mass is 15.3. The second kappa shape index (κ2) is 6.32. The van der Waals surface area contributed by atoms with Crippen molar-refractivity contribution in [1.82, 2.24) is 20.1 Å². The number of nitrogens with zero attached hydrogens (tertiary/aromatic N) is 3. The Kier molecular flexibility index (Phi) is 5.32. The summed E-state index contributed by atoms with van der Waals surface area (Å²) in [6.45, 7) is 14.3. The molecule has 4 heteroatoms. The van der Waals surface area contributed by atoms with Crippen LogP contribution in [0.25, 0.3) is 0 Å². The Labute approximate surface area is 111 Å². The summed E-state index contributed by atoms with van der Waals surface area (Å²) in [5, 5.41) is 7.78. The van der Waals surface area contributed by atoms with E-state index < -0.39 is 0 Å². The molecule has 4 nitrogen and oxygen atoms in total. The first-order valence-electron chi connectivity index (χ1n) is 6.97. The molecule has 1 aromatic rings. The van der Waals surface area contributed by atoms with Gasteiger partial charge >= 0.3 is 0 Å². The average Bonchev–Trinajstić information content (AvgIpc) is 2.63. The zero-order chi connectivity index (χ0) is 13.8. The smallest absolute Gasteiger partial charge is 0.138 e. The second-order valence-electron chi connectivity index (χ2n) is 6.22. The Morgan fingerprint density at radius 1 is 1.33 bits per heavy atom. The van der Waals surface area contributed by atoms with Crippen molar-refractivity contribution in [2.75, 3.05) is 6.54 Å². The fourth-order valence-electron chi connectivity index (χ4n) is 2.58. The molecule has 0 aliphatic heterocycles. The maximum Gasteiger partial charge on any atom is 0.138 e. The molecule has 0 spiro atoms. The van der Waals surface area contributed by atoms with E-state index in [1.165, 1.54) is 0 Å². The van der Waals surface area contributed by atoms with Gasteiger partial charge in [-0.05, 0) is 39.2 Å². The van der Waals surface area contributed by atoms with Gasteiger partial charge in [0, 0.05) is 18.5 Å². The van der Waals surface area contributed by atoms with Crippen molar-refractivity contribution in [1.29, 1.82) is 0 Å². The fraction of sp³-hybridized carbons (Fsp3) is 0.857. The van der Waals surface area contributed by atoms with E-state index in [0.29, 0.717) is 12.1 Å². The van der Waals surface area contributed by atoms with E-state index in [4.69, 9.17) is 0 Å². The lowest BCUT2D eigenvalue weighted by Crippen LogP contribution is -2.32. The third-order valence-electron chi connectivity index (χ3n) is 3.18. The van der Waals surface area contributed by atoms with Gasteiger partial charge in [0.2, 0.25) is 0 Å².